The van der Waals surface area contributed by atoms with Crippen LogP contribution >= 0.6 is 0 Å². The average Bonchev–Trinajstić information content (AvgIpc) is 3.31. The highest BCUT2D eigenvalue weighted by Crippen LogP contribution is 2.60. The van der Waals surface area contributed by atoms with Gasteiger partial charge in [-0.05, 0) is 89.8 Å². The highest BCUT2D eigenvalue weighted by Gasteiger charge is 2.51. The van der Waals surface area contributed by atoms with Crippen LogP contribution in [0.2, 0.25) is 0 Å². The predicted octanol–water partition coefficient (Wildman–Crippen LogP) is 6.77. The molecule has 0 amide bonds. The molecule has 0 bridgehead atoms. The van der Waals surface area contributed by atoms with Crippen molar-refractivity contribution in [2.75, 3.05) is 0 Å². The number of benzene rings is 3. The Bertz CT molecular complexity index is 1130. The van der Waals surface area contributed by atoms with Gasteiger partial charge in [-0.15, -0.1) is 0 Å². The molecular weight excluding hydrogens is 372 g/mol. The molecule has 154 valence electrons. The number of phenolic OH excluding ortho intramolecular Hbond substituents is 1. The maximum Gasteiger partial charge on any atom is 0.335 e. The Labute approximate surface area is 177 Å². The zero-order valence-corrected chi connectivity index (χ0v) is 17.4. The molecule has 2 saturated carbocycles. The van der Waals surface area contributed by atoms with Gasteiger partial charge >= 0.3 is 5.97 Å². The molecule has 2 fully saturated rings. The van der Waals surface area contributed by atoms with Crippen molar-refractivity contribution in [2.24, 2.45) is 11.8 Å². The third-order valence-corrected chi connectivity index (χ3v) is 7.76. The fourth-order valence-electron chi connectivity index (χ4n) is 6.21. The van der Waals surface area contributed by atoms with Crippen molar-refractivity contribution < 1.29 is 15.0 Å². The lowest BCUT2D eigenvalue weighted by Crippen LogP contribution is -2.25. The van der Waals surface area contributed by atoms with Gasteiger partial charge in [-0.1, -0.05) is 44.0 Å². The number of phenols is 1. The molecule has 0 heterocycles. The highest BCUT2D eigenvalue weighted by molar-refractivity contribution is 5.95. The van der Waals surface area contributed by atoms with E-state index in [0.29, 0.717) is 17.2 Å². The molecule has 30 heavy (non-hydrogen) atoms. The predicted molar refractivity (Wildman–Crippen MR) is 120 cm³/mol. The van der Waals surface area contributed by atoms with Crippen LogP contribution in [0.3, 0.4) is 0 Å². The zero-order chi connectivity index (χ0) is 20.9. The Morgan fingerprint density at radius 2 is 1.77 bits per heavy atom. The van der Waals surface area contributed by atoms with Crippen LogP contribution < -0.4 is 0 Å². The van der Waals surface area contributed by atoms with Gasteiger partial charge in [0.15, 0.2) is 0 Å². The van der Waals surface area contributed by atoms with Crippen LogP contribution in [-0.2, 0) is 5.41 Å². The van der Waals surface area contributed by atoms with Crippen molar-refractivity contribution in [3.05, 3.63) is 65.7 Å². The SMILES string of the molecule is CCC1CC2CCCC2(c2cc(-c3ccc4cc(C(=O)O)ccc4c3)ccc2O)C1. The second-order valence-corrected chi connectivity index (χ2v) is 9.27. The Kier molecular flexibility index (Phi) is 4.57. The van der Waals surface area contributed by atoms with Crippen LogP contribution in [0.25, 0.3) is 21.9 Å². The van der Waals surface area contributed by atoms with E-state index in [9.17, 15) is 15.0 Å². The number of fused-ring (bicyclic) bond motifs is 2. The topological polar surface area (TPSA) is 57.5 Å². The number of carboxylic acids is 1. The molecule has 3 nitrogen and oxygen atoms in total. The van der Waals surface area contributed by atoms with E-state index in [-0.39, 0.29) is 5.41 Å². The fourth-order valence-corrected chi connectivity index (χ4v) is 6.21. The average molecular weight is 401 g/mol. The monoisotopic (exact) mass is 400 g/mol. The van der Waals surface area contributed by atoms with E-state index in [0.717, 1.165) is 33.4 Å². The van der Waals surface area contributed by atoms with Crippen LogP contribution in [0.15, 0.2) is 54.6 Å². The van der Waals surface area contributed by atoms with E-state index in [1.807, 2.05) is 24.3 Å². The highest BCUT2D eigenvalue weighted by atomic mass is 16.4. The van der Waals surface area contributed by atoms with Gasteiger partial charge in [-0.25, -0.2) is 4.79 Å². The molecule has 0 saturated heterocycles. The third-order valence-electron chi connectivity index (χ3n) is 7.76. The van der Waals surface area contributed by atoms with Gasteiger partial charge in [-0.3, -0.25) is 0 Å². The summed E-state index contributed by atoms with van der Waals surface area (Å²) in [6, 6.07) is 17.5. The standard InChI is InChI=1S/C27H28O3/c1-2-17-12-23-4-3-11-27(23,16-17)24-15-21(9-10-25(24)28)19-5-6-20-14-22(26(29)30)8-7-18(20)13-19/h5-10,13-15,17,23,28H,2-4,11-12,16H2,1H3,(H,29,30). The van der Waals surface area contributed by atoms with Crippen molar-refractivity contribution in [1.82, 2.24) is 0 Å². The summed E-state index contributed by atoms with van der Waals surface area (Å²) >= 11 is 0. The summed E-state index contributed by atoms with van der Waals surface area (Å²) in [5, 5.41) is 22.0. The Balaban J connectivity index is 1.57. The van der Waals surface area contributed by atoms with Gasteiger partial charge in [0.2, 0.25) is 0 Å². The largest absolute Gasteiger partial charge is 0.508 e. The maximum absolute atomic E-state index is 11.2. The minimum Gasteiger partial charge on any atom is -0.508 e. The van der Waals surface area contributed by atoms with Gasteiger partial charge in [0, 0.05) is 11.0 Å². The second kappa shape index (κ2) is 7.16. The van der Waals surface area contributed by atoms with Gasteiger partial charge in [0.25, 0.3) is 0 Å². The van der Waals surface area contributed by atoms with E-state index in [1.165, 1.54) is 38.5 Å². The molecule has 2 N–H and O–H groups in total. The molecule has 2 aliphatic carbocycles. The van der Waals surface area contributed by atoms with Gasteiger partial charge in [0.1, 0.15) is 5.75 Å². The van der Waals surface area contributed by atoms with E-state index in [2.05, 4.69) is 25.1 Å². The van der Waals surface area contributed by atoms with Crippen molar-refractivity contribution in [3.63, 3.8) is 0 Å². The van der Waals surface area contributed by atoms with E-state index >= 15 is 0 Å². The quantitative estimate of drug-likeness (QED) is 0.508. The number of hydrogen-bond donors (Lipinski definition) is 2. The number of aromatic hydroxyl groups is 1. The Morgan fingerprint density at radius 1 is 1.03 bits per heavy atom. The zero-order valence-electron chi connectivity index (χ0n) is 17.4. The van der Waals surface area contributed by atoms with Crippen LogP contribution in [0.1, 0.15) is 61.4 Å². The third kappa shape index (κ3) is 2.99. The summed E-state index contributed by atoms with van der Waals surface area (Å²) in [6.07, 6.45) is 7.43. The van der Waals surface area contributed by atoms with Crippen molar-refractivity contribution >= 4 is 16.7 Å². The summed E-state index contributed by atoms with van der Waals surface area (Å²) in [5.41, 5.74) is 3.79. The summed E-state index contributed by atoms with van der Waals surface area (Å²) in [4.78, 5) is 11.2. The second-order valence-electron chi connectivity index (χ2n) is 9.27. The lowest BCUT2D eigenvalue weighted by atomic mass is 9.73. The van der Waals surface area contributed by atoms with Crippen molar-refractivity contribution in [1.29, 1.82) is 0 Å². The summed E-state index contributed by atoms with van der Waals surface area (Å²) in [7, 11) is 0. The van der Waals surface area contributed by atoms with Crippen LogP contribution in [0, 0.1) is 11.8 Å². The molecule has 2 aliphatic rings. The van der Waals surface area contributed by atoms with Gasteiger partial charge in [-0.2, -0.15) is 0 Å². The number of hydrogen-bond acceptors (Lipinski definition) is 2. The normalized spacial score (nSPS) is 25.5. The minimum atomic E-state index is -0.906. The Morgan fingerprint density at radius 3 is 2.57 bits per heavy atom. The molecule has 3 unspecified atom stereocenters. The summed E-state index contributed by atoms with van der Waals surface area (Å²) in [6.45, 7) is 2.29. The van der Waals surface area contributed by atoms with Gasteiger partial charge in [0.05, 0.1) is 5.56 Å². The smallest absolute Gasteiger partial charge is 0.335 e. The molecular formula is C27H28O3. The fraction of sp³-hybridized carbons (Fsp3) is 0.370. The lowest BCUT2D eigenvalue weighted by molar-refractivity contribution is 0.0697. The molecule has 3 aromatic rings. The van der Waals surface area contributed by atoms with Crippen molar-refractivity contribution in [2.45, 2.75) is 50.9 Å². The lowest BCUT2D eigenvalue weighted by Gasteiger charge is -2.31. The molecule has 0 radical (unpaired) electrons. The number of rotatable bonds is 4. The van der Waals surface area contributed by atoms with Gasteiger partial charge < -0.3 is 10.2 Å². The van der Waals surface area contributed by atoms with Crippen LogP contribution in [0.5, 0.6) is 5.75 Å². The molecule has 0 aromatic heterocycles. The first-order valence-electron chi connectivity index (χ1n) is 11.1. The first-order chi connectivity index (χ1) is 14.5. The first-order valence-corrected chi connectivity index (χ1v) is 11.1. The summed E-state index contributed by atoms with van der Waals surface area (Å²) in [5.74, 6) is 0.989. The van der Waals surface area contributed by atoms with E-state index in [4.69, 9.17) is 0 Å². The van der Waals surface area contributed by atoms with E-state index < -0.39 is 5.97 Å². The molecule has 3 aromatic carbocycles. The molecule has 0 spiro atoms. The van der Waals surface area contributed by atoms with Crippen LogP contribution in [-0.4, -0.2) is 16.2 Å². The van der Waals surface area contributed by atoms with E-state index in [1.54, 1.807) is 12.1 Å². The van der Waals surface area contributed by atoms with Crippen molar-refractivity contribution in [3.8, 4) is 16.9 Å². The minimum absolute atomic E-state index is 0.133. The summed E-state index contributed by atoms with van der Waals surface area (Å²) < 4.78 is 0. The maximum atomic E-state index is 11.2. The number of carboxylic acid groups (broad SMARTS) is 1. The van der Waals surface area contributed by atoms with Crippen LogP contribution in [0.4, 0.5) is 0 Å². The molecule has 5 rings (SSSR count). The molecule has 3 atom stereocenters. The number of carbonyl (C=O) groups is 1. The Hall–Kier alpha value is -2.81. The molecule has 0 aliphatic heterocycles. The molecule has 3 heteroatoms. The first kappa shape index (κ1) is 19.2. The number of aromatic carboxylic acids is 1.